The van der Waals surface area contributed by atoms with Gasteiger partial charge in [-0.25, -0.2) is 4.57 Å². The molecule has 15 heavy (non-hydrogen) atoms. The van der Waals surface area contributed by atoms with Crippen LogP contribution in [0.15, 0.2) is 0 Å². The van der Waals surface area contributed by atoms with Gasteiger partial charge in [0.15, 0.2) is 18.2 Å². The lowest BCUT2D eigenvalue weighted by atomic mass is 10.4. The number of Topliss-reactive ketones (excluding diaryl/α,β-unsaturated/α-hetero) is 1. The molecule has 0 radical (unpaired) electrons. The number of rotatable bonds is 4. The number of hydrogen-bond acceptors (Lipinski definition) is 5. The topological polar surface area (TPSA) is 104 Å². The molecule has 0 aliphatic heterocycles. The maximum Gasteiger partial charge on any atom is 0.367 e. The number of aryl methyl sites for hydroxylation is 1. The lowest BCUT2D eigenvalue weighted by Gasteiger charge is -2.00. The Bertz CT molecular complexity index is 415. The molecule has 0 amide bonds. The molecule has 0 aliphatic carbocycles. The standard InChI is InChI=1S/C7H9ClN4O3/c1-4-10-6(9)7(12(14)15)11(4)3-5(13)2-8/h2-3,9H2,1H3. The highest BCUT2D eigenvalue weighted by Crippen LogP contribution is 2.22. The fourth-order valence-corrected chi connectivity index (χ4v) is 1.26. The van der Waals surface area contributed by atoms with E-state index < -0.39 is 4.92 Å². The smallest absolute Gasteiger partial charge is 0.367 e. The Labute approximate surface area is 90.0 Å². The largest absolute Gasteiger partial charge is 0.377 e. The van der Waals surface area contributed by atoms with Crippen molar-refractivity contribution < 1.29 is 9.72 Å². The number of aromatic nitrogens is 2. The minimum atomic E-state index is -0.670. The van der Waals surface area contributed by atoms with Crippen LogP contribution in [0.4, 0.5) is 11.6 Å². The summed E-state index contributed by atoms with van der Waals surface area (Å²) in [7, 11) is 0. The number of carbonyl (C=O) groups is 1. The van der Waals surface area contributed by atoms with Crippen LogP contribution in [0.25, 0.3) is 0 Å². The highest BCUT2D eigenvalue weighted by molar-refractivity contribution is 6.27. The predicted molar refractivity (Wildman–Crippen MR) is 53.8 cm³/mol. The van der Waals surface area contributed by atoms with Crippen molar-refractivity contribution in [1.29, 1.82) is 0 Å². The van der Waals surface area contributed by atoms with Crippen LogP contribution in [-0.4, -0.2) is 26.1 Å². The first-order chi connectivity index (χ1) is 6.97. The molecule has 0 atom stereocenters. The first-order valence-electron chi connectivity index (χ1n) is 4.02. The van der Waals surface area contributed by atoms with Crippen LogP contribution in [0.5, 0.6) is 0 Å². The SMILES string of the molecule is Cc1nc(N)c([N+](=O)[O-])n1CC(=O)CCl. The summed E-state index contributed by atoms with van der Waals surface area (Å²) in [5.74, 6) is -0.780. The average molecular weight is 233 g/mol. The van der Waals surface area contributed by atoms with Gasteiger partial charge in [-0.2, -0.15) is 4.98 Å². The van der Waals surface area contributed by atoms with Crippen molar-refractivity contribution in [2.45, 2.75) is 13.5 Å². The summed E-state index contributed by atoms with van der Waals surface area (Å²) in [6.07, 6.45) is 0. The number of nitrogen functional groups attached to an aromatic ring is 1. The number of nitrogens with two attached hydrogens (primary N) is 1. The summed E-state index contributed by atoms with van der Waals surface area (Å²) >= 11 is 5.31. The van der Waals surface area contributed by atoms with Gasteiger partial charge in [-0.3, -0.25) is 4.79 Å². The molecule has 0 unspecified atom stereocenters. The lowest BCUT2D eigenvalue weighted by molar-refractivity contribution is -0.391. The van der Waals surface area contributed by atoms with E-state index >= 15 is 0 Å². The Kier molecular flexibility index (Phi) is 3.25. The van der Waals surface area contributed by atoms with E-state index in [1.807, 2.05) is 0 Å². The van der Waals surface area contributed by atoms with Crippen LogP contribution in [0.2, 0.25) is 0 Å². The fraction of sp³-hybridized carbons (Fsp3) is 0.429. The van der Waals surface area contributed by atoms with Gasteiger partial charge >= 0.3 is 5.82 Å². The molecule has 82 valence electrons. The van der Waals surface area contributed by atoms with E-state index in [1.165, 1.54) is 6.92 Å². The zero-order valence-electron chi connectivity index (χ0n) is 7.94. The Morgan fingerprint density at radius 2 is 2.33 bits per heavy atom. The van der Waals surface area contributed by atoms with Crippen LogP contribution in [0, 0.1) is 17.0 Å². The second-order valence-electron chi connectivity index (χ2n) is 2.88. The third-order valence-electron chi connectivity index (χ3n) is 1.81. The van der Waals surface area contributed by atoms with Gasteiger partial charge in [-0.15, -0.1) is 11.6 Å². The summed E-state index contributed by atoms with van der Waals surface area (Å²) in [5, 5.41) is 10.6. The average Bonchev–Trinajstić information content (AvgIpc) is 2.41. The van der Waals surface area contributed by atoms with Gasteiger partial charge in [0, 0.05) is 6.92 Å². The van der Waals surface area contributed by atoms with Crippen molar-refractivity contribution in [3.8, 4) is 0 Å². The number of anilines is 1. The third kappa shape index (κ3) is 2.24. The molecule has 2 N–H and O–H groups in total. The number of alkyl halides is 1. The highest BCUT2D eigenvalue weighted by Gasteiger charge is 2.24. The molecular weight excluding hydrogens is 224 g/mol. The van der Waals surface area contributed by atoms with Gasteiger partial charge < -0.3 is 15.8 Å². The summed E-state index contributed by atoms with van der Waals surface area (Å²) < 4.78 is 1.14. The molecule has 0 fully saturated rings. The Morgan fingerprint density at radius 1 is 1.73 bits per heavy atom. The summed E-state index contributed by atoms with van der Waals surface area (Å²) in [6.45, 7) is 1.35. The normalized spacial score (nSPS) is 10.3. The van der Waals surface area contributed by atoms with Crippen LogP contribution in [0.3, 0.4) is 0 Å². The monoisotopic (exact) mass is 232 g/mol. The van der Waals surface area contributed by atoms with Gasteiger partial charge in [0.25, 0.3) is 0 Å². The summed E-state index contributed by atoms with van der Waals surface area (Å²) in [5.41, 5.74) is 5.34. The Hall–Kier alpha value is -1.63. The van der Waals surface area contributed by atoms with Gasteiger partial charge in [0.05, 0.1) is 5.88 Å². The predicted octanol–water partition coefficient (Wildman–Crippen LogP) is 0.490. The molecule has 1 rings (SSSR count). The van der Waals surface area contributed by atoms with Gasteiger partial charge in [-0.05, 0) is 4.92 Å². The molecule has 1 heterocycles. The quantitative estimate of drug-likeness (QED) is 0.462. The first-order valence-corrected chi connectivity index (χ1v) is 4.55. The van der Waals surface area contributed by atoms with Crippen LogP contribution in [-0.2, 0) is 11.3 Å². The lowest BCUT2D eigenvalue weighted by Crippen LogP contribution is -2.14. The Balaban J connectivity index is 3.15. The second kappa shape index (κ2) is 4.26. The number of imidazole rings is 1. The third-order valence-corrected chi connectivity index (χ3v) is 2.11. The van der Waals surface area contributed by atoms with Gasteiger partial charge in [-0.1, -0.05) is 0 Å². The van der Waals surface area contributed by atoms with Crippen molar-refractivity contribution in [3.05, 3.63) is 15.9 Å². The van der Waals surface area contributed by atoms with Crippen LogP contribution >= 0.6 is 11.6 Å². The summed E-state index contributed by atoms with van der Waals surface area (Å²) in [4.78, 5) is 24.8. The van der Waals surface area contributed by atoms with E-state index in [9.17, 15) is 14.9 Å². The van der Waals surface area contributed by atoms with Crippen molar-refractivity contribution in [2.75, 3.05) is 11.6 Å². The number of carbonyl (C=O) groups excluding carboxylic acids is 1. The van der Waals surface area contributed by atoms with E-state index in [0.29, 0.717) is 5.82 Å². The summed E-state index contributed by atoms with van der Waals surface area (Å²) in [6, 6.07) is 0. The zero-order chi connectivity index (χ0) is 11.6. The van der Waals surface area contributed by atoms with Gasteiger partial charge in [0.1, 0.15) is 0 Å². The van der Waals surface area contributed by atoms with Gasteiger partial charge in [0.2, 0.25) is 5.82 Å². The molecule has 7 nitrogen and oxygen atoms in total. The maximum absolute atomic E-state index is 11.1. The van der Waals surface area contributed by atoms with E-state index in [0.717, 1.165) is 4.57 Å². The van der Waals surface area contributed by atoms with E-state index in [4.69, 9.17) is 17.3 Å². The number of ketones is 1. The molecule has 0 aromatic carbocycles. The van der Waals surface area contributed by atoms with E-state index in [-0.39, 0.29) is 29.8 Å². The molecule has 0 bridgehead atoms. The minimum absolute atomic E-state index is 0.185. The van der Waals surface area contributed by atoms with E-state index in [2.05, 4.69) is 4.98 Å². The van der Waals surface area contributed by atoms with Crippen molar-refractivity contribution in [1.82, 2.24) is 9.55 Å². The van der Waals surface area contributed by atoms with Crippen LogP contribution in [0.1, 0.15) is 5.82 Å². The molecule has 0 saturated heterocycles. The Morgan fingerprint density at radius 3 is 2.80 bits per heavy atom. The second-order valence-corrected chi connectivity index (χ2v) is 3.15. The molecule has 1 aromatic heterocycles. The molecule has 0 aliphatic rings. The van der Waals surface area contributed by atoms with Crippen LogP contribution < -0.4 is 5.73 Å². The van der Waals surface area contributed by atoms with Crippen molar-refractivity contribution in [3.63, 3.8) is 0 Å². The molecule has 1 aromatic rings. The highest BCUT2D eigenvalue weighted by atomic mass is 35.5. The van der Waals surface area contributed by atoms with Crippen molar-refractivity contribution >= 4 is 29.0 Å². The van der Waals surface area contributed by atoms with Crippen molar-refractivity contribution in [2.24, 2.45) is 0 Å². The molecule has 0 saturated carbocycles. The molecular formula is C7H9ClN4O3. The first kappa shape index (κ1) is 11.4. The number of halogens is 1. The molecule has 0 spiro atoms. The minimum Gasteiger partial charge on any atom is -0.377 e. The zero-order valence-corrected chi connectivity index (χ0v) is 8.69. The number of nitrogens with zero attached hydrogens (tertiary/aromatic N) is 3. The fourth-order valence-electron chi connectivity index (χ4n) is 1.18. The molecule has 8 heteroatoms. The number of hydrogen-bond donors (Lipinski definition) is 1. The maximum atomic E-state index is 11.1. The van der Waals surface area contributed by atoms with E-state index in [1.54, 1.807) is 0 Å². The number of nitro groups is 1.